The second-order valence-electron chi connectivity index (χ2n) is 6.88. The van der Waals surface area contributed by atoms with Crippen LogP contribution in [0, 0.1) is 5.92 Å². The van der Waals surface area contributed by atoms with Gasteiger partial charge in [0.15, 0.2) is 5.58 Å². The third-order valence-corrected chi connectivity index (χ3v) is 4.73. The number of carbonyl (C=O) groups is 1. The van der Waals surface area contributed by atoms with Crippen LogP contribution in [0.4, 0.5) is 11.7 Å². The van der Waals surface area contributed by atoms with Gasteiger partial charge in [0.2, 0.25) is 5.91 Å². The van der Waals surface area contributed by atoms with Crippen molar-refractivity contribution in [2.75, 3.05) is 37.4 Å². The summed E-state index contributed by atoms with van der Waals surface area (Å²) in [4.78, 5) is 19.1. The number of hydrogen-bond donors (Lipinski definition) is 2. The molecule has 1 saturated heterocycles. The van der Waals surface area contributed by atoms with Gasteiger partial charge < -0.3 is 20.0 Å². The van der Waals surface area contributed by atoms with Crippen LogP contribution in [0.1, 0.15) is 11.5 Å². The highest BCUT2D eigenvalue weighted by atomic mass is 16.4. The summed E-state index contributed by atoms with van der Waals surface area (Å²) in [6.07, 6.45) is 3.81. The number of carbonyl (C=O) groups excluding carboxylic acids is 1. The number of fused-ring (bicyclic) bond motifs is 1. The lowest BCUT2D eigenvalue weighted by molar-refractivity contribution is -0.119. The molecule has 8 nitrogen and oxygen atoms in total. The lowest BCUT2D eigenvalue weighted by Crippen LogP contribution is -2.28. The standard InChI is InChI=1S/C18H22N6O2/c1-23(2)18-22-15-6-12(4-5-16(15)26-18)21-17(25)14-9-19-8-13(14)11-7-20-24(3)10-11/h4-7,10,13-14,19H,8-9H2,1-3H3,(H,21,25)/t13-,14+/m1/s1. The molecule has 1 amide bonds. The summed E-state index contributed by atoms with van der Waals surface area (Å²) in [5, 5.41) is 10.6. The first-order valence-electron chi connectivity index (χ1n) is 8.59. The van der Waals surface area contributed by atoms with E-state index in [1.54, 1.807) is 9.58 Å². The quantitative estimate of drug-likeness (QED) is 0.739. The molecule has 3 aromatic rings. The normalized spacial score (nSPS) is 19.8. The molecule has 0 unspecified atom stereocenters. The summed E-state index contributed by atoms with van der Waals surface area (Å²) in [5.41, 5.74) is 3.22. The van der Waals surface area contributed by atoms with Gasteiger partial charge in [-0.2, -0.15) is 10.1 Å². The van der Waals surface area contributed by atoms with Gasteiger partial charge in [0.05, 0.1) is 12.1 Å². The molecule has 1 aliphatic heterocycles. The van der Waals surface area contributed by atoms with E-state index in [2.05, 4.69) is 20.7 Å². The number of benzene rings is 1. The highest BCUT2D eigenvalue weighted by molar-refractivity contribution is 5.95. The monoisotopic (exact) mass is 354 g/mol. The fourth-order valence-electron chi connectivity index (χ4n) is 3.36. The van der Waals surface area contributed by atoms with Gasteiger partial charge in [0.1, 0.15) is 5.52 Å². The van der Waals surface area contributed by atoms with Gasteiger partial charge in [-0.15, -0.1) is 0 Å². The van der Waals surface area contributed by atoms with Crippen LogP contribution in [-0.4, -0.2) is 47.9 Å². The molecule has 0 spiro atoms. The zero-order valence-electron chi connectivity index (χ0n) is 15.1. The van der Waals surface area contributed by atoms with Crippen LogP contribution in [-0.2, 0) is 11.8 Å². The maximum atomic E-state index is 12.8. The molecular weight excluding hydrogens is 332 g/mol. The molecule has 0 radical (unpaired) electrons. The Bertz CT molecular complexity index is 944. The summed E-state index contributed by atoms with van der Waals surface area (Å²) in [6, 6.07) is 6.05. The molecule has 136 valence electrons. The lowest BCUT2D eigenvalue weighted by Gasteiger charge is -2.17. The molecule has 3 heterocycles. The van der Waals surface area contributed by atoms with Crippen molar-refractivity contribution in [3.8, 4) is 0 Å². The van der Waals surface area contributed by atoms with E-state index in [9.17, 15) is 4.79 Å². The van der Waals surface area contributed by atoms with Crippen molar-refractivity contribution >= 4 is 28.7 Å². The van der Waals surface area contributed by atoms with Crippen molar-refractivity contribution < 1.29 is 9.21 Å². The molecule has 1 aliphatic rings. The lowest BCUT2D eigenvalue weighted by atomic mass is 9.90. The number of nitrogens with one attached hydrogen (secondary N) is 2. The van der Waals surface area contributed by atoms with Crippen molar-refractivity contribution in [1.82, 2.24) is 20.1 Å². The van der Waals surface area contributed by atoms with Crippen molar-refractivity contribution in [3.05, 3.63) is 36.2 Å². The molecular formula is C18H22N6O2. The number of oxazole rings is 1. The molecule has 8 heteroatoms. The second kappa shape index (κ2) is 6.45. The molecule has 26 heavy (non-hydrogen) atoms. The van der Waals surface area contributed by atoms with Crippen molar-refractivity contribution in [1.29, 1.82) is 0 Å². The van der Waals surface area contributed by atoms with Crippen LogP contribution < -0.4 is 15.5 Å². The van der Waals surface area contributed by atoms with Crippen LogP contribution in [0.15, 0.2) is 35.0 Å². The zero-order chi connectivity index (χ0) is 18.3. The van der Waals surface area contributed by atoms with E-state index in [4.69, 9.17) is 4.42 Å². The van der Waals surface area contributed by atoms with E-state index in [1.807, 2.05) is 51.7 Å². The van der Waals surface area contributed by atoms with E-state index >= 15 is 0 Å². The number of nitrogens with zero attached hydrogens (tertiary/aromatic N) is 4. The van der Waals surface area contributed by atoms with Gasteiger partial charge in [0.25, 0.3) is 6.01 Å². The van der Waals surface area contributed by atoms with Gasteiger partial charge in [-0.3, -0.25) is 9.48 Å². The van der Waals surface area contributed by atoms with Crippen LogP contribution in [0.2, 0.25) is 0 Å². The zero-order valence-corrected chi connectivity index (χ0v) is 15.1. The predicted octanol–water partition coefficient (Wildman–Crippen LogP) is 1.57. The maximum absolute atomic E-state index is 12.8. The first-order valence-corrected chi connectivity index (χ1v) is 8.59. The summed E-state index contributed by atoms with van der Waals surface area (Å²) < 4.78 is 7.42. The minimum Gasteiger partial charge on any atom is -0.423 e. The Kier molecular flexibility index (Phi) is 4.12. The van der Waals surface area contributed by atoms with Crippen LogP contribution in [0.5, 0.6) is 0 Å². The smallest absolute Gasteiger partial charge is 0.297 e. The first-order chi connectivity index (χ1) is 12.5. The van der Waals surface area contributed by atoms with E-state index in [0.29, 0.717) is 18.1 Å². The topological polar surface area (TPSA) is 88.2 Å². The summed E-state index contributed by atoms with van der Waals surface area (Å²) >= 11 is 0. The molecule has 0 aliphatic carbocycles. The largest absolute Gasteiger partial charge is 0.423 e. The van der Waals surface area contributed by atoms with Crippen molar-refractivity contribution in [3.63, 3.8) is 0 Å². The Morgan fingerprint density at radius 1 is 1.38 bits per heavy atom. The Morgan fingerprint density at radius 2 is 2.23 bits per heavy atom. The second-order valence-corrected chi connectivity index (χ2v) is 6.88. The van der Waals surface area contributed by atoms with Gasteiger partial charge in [-0.05, 0) is 23.8 Å². The number of anilines is 2. The summed E-state index contributed by atoms with van der Waals surface area (Å²) in [5.74, 6) is -0.0103. The Balaban J connectivity index is 1.52. The predicted molar refractivity (Wildman–Crippen MR) is 99.3 cm³/mol. The van der Waals surface area contributed by atoms with Gasteiger partial charge in [-0.1, -0.05) is 0 Å². The van der Waals surface area contributed by atoms with E-state index in [1.165, 1.54) is 0 Å². The average Bonchev–Trinajstić information content (AvgIpc) is 3.32. The molecule has 4 rings (SSSR count). The Hall–Kier alpha value is -2.87. The van der Waals surface area contributed by atoms with E-state index in [0.717, 1.165) is 23.3 Å². The first kappa shape index (κ1) is 16.6. The Morgan fingerprint density at radius 3 is 2.96 bits per heavy atom. The minimum absolute atomic E-state index is 0.000434. The van der Waals surface area contributed by atoms with Crippen LogP contribution in [0.3, 0.4) is 0 Å². The number of amides is 1. The summed E-state index contributed by atoms with van der Waals surface area (Å²) in [6.45, 7) is 1.43. The van der Waals surface area contributed by atoms with Gasteiger partial charge in [0, 0.05) is 52.0 Å². The average molecular weight is 354 g/mol. The van der Waals surface area contributed by atoms with E-state index in [-0.39, 0.29) is 17.7 Å². The maximum Gasteiger partial charge on any atom is 0.297 e. The third-order valence-electron chi connectivity index (χ3n) is 4.73. The van der Waals surface area contributed by atoms with Gasteiger partial charge in [-0.25, -0.2) is 0 Å². The third kappa shape index (κ3) is 3.03. The molecule has 0 saturated carbocycles. The van der Waals surface area contributed by atoms with Crippen LogP contribution in [0.25, 0.3) is 11.1 Å². The fourth-order valence-corrected chi connectivity index (χ4v) is 3.36. The van der Waals surface area contributed by atoms with Gasteiger partial charge >= 0.3 is 0 Å². The Labute approximate surface area is 151 Å². The minimum atomic E-state index is -0.135. The number of rotatable bonds is 4. The highest BCUT2D eigenvalue weighted by Gasteiger charge is 2.34. The SMILES string of the molecule is CN(C)c1nc2cc(NC(=O)[C@H]3CNC[C@@H]3c3cnn(C)c3)ccc2o1. The molecule has 0 bridgehead atoms. The number of aryl methyl sites for hydroxylation is 1. The molecule has 2 atom stereocenters. The van der Waals surface area contributed by atoms with E-state index < -0.39 is 0 Å². The molecule has 2 N–H and O–H groups in total. The fraction of sp³-hybridized carbons (Fsp3) is 0.389. The highest BCUT2D eigenvalue weighted by Crippen LogP contribution is 2.29. The van der Waals surface area contributed by atoms with Crippen molar-refractivity contribution in [2.24, 2.45) is 13.0 Å². The molecule has 1 fully saturated rings. The number of aromatic nitrogens is 3. The van der Waals surface area contributed by atoms with Crippen LogP contribution >= 0.6 is 0 Å². The number of hydrogen-bond acceptors (Lipinski definition) is 6. The molecule has 2 aromatic heterocycles. The van der Waals surface area contributed by atoms with Crippen molar-refractivity contribution in [2.45, 2.75) is 5.92 Å². The summed E-state index contributed by atoms with van der Waals surface area (Å²) in [7, 11) is 5.63. The molecule has 1 aromatic carbocycles.